The largest absolute Gasteiger partial charge is 0.343 e. The molecule has 14 heavy (non-hydrogen) atoms. The van der Waals surface area contributed by atoms with Crippen LogP contribution in [0.3, 0.4) is 0 Å². The topological polar surface area (TPSA) is 16.6 Å². The van der Waals surface area contributed by atoms with E-state index in [2.05, 4.69) is 33.0 Å². The highest BCUT2D eigenvalue weighted by Crippen LogP contribution is 2.01. The zero-order valence-electron chi connectivity index (χ0n) is 10.3. The molecule has 2 N–H and O–H groups in total. The van der Waals surface area contributed by atoms with Gasteiger partial charge >= 0.3 is 0 Å². The van der Waals surface area contributed by atoms with E-state index in [1.807, 2.05) is 6.08 Å². The highest BCUT2D eigenvalue weighted by Gasteiger charge is 2.04. The third-order valence-electron chi connectivity index (χ3n) is 2.32. The lowest BCUT2D eigenvalue weighted by Gasteiger charge is -2.23. The summed E-state index contributed by atoms with van der Waals surface area (Å²) in [6.07, 6.45) is 7.46. The molecule has 0 aliphatic heterocycles. The second-order valence-electron chi connectivity index (χ2n) is 5.03. The van der Waals surface area contributed by atoms with Crippen LogP contribution in [0.25, 0.3) is 0 Å². The molecular formula is C12H28N2+2. The first-order valence-corrected chi connectivity index (χ1v) is 5.79. The average molecular weight is 200 g/mol. The van der Waals surface area contributed by atoms with Crippen LogP contribution in [0.1, 0.15) is 25.7 Å². The van der Waals surface area contributed by atoms with E-state index in [4.69, 9.17) is 0 Å². The summed E-state index contributed by atoms with van der Waals surface area (Å²) in [5.74, 6) is 0. The monoisotopic (exact) mass is 200 g/mol. The molecule has 0 aromatic rings. The Kier molecular flexibility index (Phi) is 7.81. The van der Waals surface area contributed by atoms with Crippen molar-refractivity contribution in [3.05, 3.63) is 12.7 Å². The predicted molar refractivity (Wildman–Crippen MR) is 63.2 cm³/mol. The third-order valence-corrected chi connectivity index (χ3v) is 2.32. The predicted octanol–water partition coefficient (Wildman–Crippen LogP) is 1.00. The Labute approximate surface area is 89.6 Å². The Morgan fingerprint density at radius 1 is 1.07 bits per heavy atom. The fraction of sp³-hybridized carbons (Fsp3) is 0.833. The zero-order valence-corrected chi connectivity index (χ0v) is 10.3. The van der Waals surface area contributed by atoms with Gasteiger partial charge in [0.05, 0.1) is 40.8 Å². The second-order valence-corrected chi connectivity index (χ2v) is 5.03. The van der Waals surface area contributed by atoms with Gasteiger partial charge in [0.1, 0.15) is 0 Å². The van der Waals surface area contributed by atoms with E-state index < -0.39 is 0 Å². The van der Waals surface area contributed by atoms with Crippen LogP contribution >= 0.6 is 0 Å². The van der Waals surface area contributed by atoms with Gasteiger partial charge in [-0.3, -0.25) is 0 Å². The van der Waals surface area contributed by atoms with Gasteiger partial charge in [-0.2, -0.15) is 0 Å². The number of hydrogen-bond donors (Lipinski definition) is 1. The smallest absolute Gasteiger partial charge is 0.0939 e. The van der Waals surface area contributed by atoms with Gasteiger partial charge in [0.25, 0.3) is 0 Å². The minimum absolute atomic E-state index is 1.07. The second kappa shape index (κ2) is 8.01. The maximum atomic E-state index is 3.70. The van der Waals surface area contributed by atoms with Crippen LogP contribution in [0.15, 0.2) is 12.7 Å². The number of rotatable bonds is 9. The molecule has 2 heteroatoms. The first-order valence-electron chi connectivity index (χ1n) is 5.79. The summed E-state index contributed by atoms with van der Waals surface area (Å²) < 4.78 is 1.10. The Hall–Kier alpha value is -0.340. The molecule has 2 nitrogen and oxygen atoms in total. The molecule has 0 unspecified atom stereocenters. The van der Waals surface area contributed by atoms with Gasteiger partial charge < -0.3 is 9.80 Å². The summed E-state index contributed by atoms with van der Waals surface area (Å²) >= 11 is 0. The molecule has 0 fully saturated rings. The van der Waals surface area contributed by atoms with Crippen LogP contribution in [0.2, 0.25) is 0 Å². The summed E-state index contributed by atoms with van der Waals surface area (Å²) in [4.78, 5) is 0. The fourth-order valence-electron chi connectivity index (χ4n) is 1.46. The van der Waals surface area contributed by atoms with Gasteiger partial charge in [-0.05, 0) is 31.8 Å². The quantitative estimate of drug-likeness (QED) is 0.325. The van der Waals surface area contributed by atoms with Crippen LogP contribution in [0.5, 0.6) is 0 Å². The van der Waals surface area contributed by atoms with E-state index in [-0.39, 0.29) is 0 Å². The minimum atomic E-state index is 1.07. The van der Waals surface area contributed by atoms with Gasteiger partial charge in [0.15, 0.2) is 0 Å². The van der Waals surface area contributed by atoms with Gasteiger partial charge in [-0.15, -0.1) is 0 Å². The molecule has 0 heterocycles. The third kappa shape index (κ3) is 11.7. The van der Waals surface area contributed by atoms with Crippen molar-refractivity contribution >= 4 is 0 Å². The zero-order chi connectivity index (χ0) is 10.9. The van der Waals surface area contributed by atoms with Gasteiger partial charge in [0, 0.05) is 0 Å². The molecule has 0 radical (unpaired) electrons. The molecule has 0 rings (SSSR count). The maximum absolute atomic E-state index is 3.70. The first-order chi connectivity index (χ1) is 6.56. The SMILES string of the molecule is C=CC[NH2+]CCCCCC[N+](C)(C)C. The van der Waals surface area contributed by atoms with Gasteiger partial charge in [-0.25, -0.2) is 0 Å². The molecule has 0 aliphatic rings. The lowest BCUT2D eigenvalue weighted by Crippen LogP contribution is -2.83. The fourth-order valence-corrected chi connectivity index (χ4v) is 1.46. The van der Waals surface area contributed by atoms with Crippen LogP contribution in [-0.2, 0) is 0 Å². The molecule has 0 aromatic heterocycles. The molecule has 0 spiro atoms. The molecule has 0 atom stereocenters. The van der Waals surface area contributed by atoms with E-state index in [0.29, 0.717) is 0 Å². The number of hydrogen-bond acceptors (Lipinski definition) is 0. The standard InChI is InChI=1S/C12H27N2/c1-5-10-13-11-8-6-7-9-12-14(2,3)4/h5,13H,1,6-12H2,2-4H3/q+1/p+1. The average Bonchev–Trinajstić information content (AvgIpc) is 2.08. The summed E-state index contributed by atoms with van der Waals surface area (Å²) in [6, 6.07) is 0. The maximum Gasteiger partial charge on any atom is 0.0939 e. The number of nitrogens with zero attached hydrogens (tertiary/aromatic N) is 1. The molecule has 0 bridgehead atoms. The van der Waals surface area contributed by atoms with E-state index in [0.717, 1.165) is 11.0 Å². The van der Waals surface area contributed by atoms with Gasteiger partial charge in [-0.1, -0.05) is 6.58 Å². The Bertz CT molecular complexity index is 136. The number of nitrogens with two attached hydrogens (primary N) is 1. The summed E-state index contributed by atoms with van der Waals surface area (Å²) in [7, 11) is 6.79. The Balaban J connectivity index is 3.03. The minimum Gasteiger partial charge on any atom is -0.343 e. The first kappa shape index (κ1) is 13.7. The van der Waals surface area contributed by atoms with Crippen molar-refractivity contribution in [1.29, 1.82) is 0 Å². The van der Waals surface area contributed by atoms with Crippen LogP contribution in [-0.4, -0.2) is 45.3 Å². The van der Waals surface area contributed by atoms with Crippen LogP contribution in [0.4, 0.5) is 0 Å². The van der Waals surface area contributed by atoms with Crippen molar-refractivity contribution in [3.63, 3.8) is 0 Å². The molecule has 0 amide bonds. The molecule has 0 saturated carbocycles. The van der Waals surface area contributed by atoms with Crippen molar-refractivity contribution in [1.82, 2.24) is 0 Å². The molecule has 84 valence electrons. The van der Waals surface area contributed by atoms with Crippen molar-refractivity contribution in [3.8, 4) is 0 Å². The Morgan fingerprint density at radius 2 is 1.71 bits per heavy atom. The van der Waals surface area contributed by atoms with E-state index in [1.165, 1.54) is 38.8 Å². The van der Waals surface area contributed by atoms with Crippen molar-refractivity contribution in [2.24, 2.45) is 0 Å². The Morgan fingerprint density at radius 3 is 2.29 bits per heavy atom. The highest BCUT2D eigenvalue weighted by molar-refractivity contribution is 4.61. The molecule has 0 aliphatic carbocycles. The summed E-state index contributed by atoms with van der Waals surface area (Å²) in [6.45, 7) is 7.33. The summed E-state index contributed by atoms with van der Waals surface area (Å²) in [5, 5.41) is 2.33. The van der Waals surface area contributed by atoms with Gasteiger partial charge in [0.2, 0.25) is 0 Å². The lowest BCUT2D eigenvalue weighted by atomic mass is 10.2. The molecular weight excluding hydrogens is 172 g/mol. The highest BCUT2D eigenvalue weighted by atomic mass is 15.3. The van der Waals surface area contributed by atoms with E-state index in [1.54, 1.807) is 0 Å². The van der Waals surface area contributed by atoms with Crippen LogP contribution in [0, 0.1) is 0 Å². The molecule has 0 saturated heterocycles. The van der Waals surface area contributed by atoms with Crippen LogP contribution < -0.4 is 5.32 Å². The van der Waals surface area contributed by atoms with Crippen molar-refractivity contribution in [2.75, 3.05) is 40.8 Å². The normalized spacial score (nSPS) is 11.6. The van der Waals surface area contributed by atoms with Crippen molar-refractivity contribution < 1.29 is 9.80 Å². The lowest BCUT2D eigenvalue weighted by molar-refractivity contribution is -0.870. The van der Waals surface area contributed by atoms with Crippen molar-refractivity contribution in [2.45, 2.75) is 25.7 Å². The summed E-state index contributed by atoms with van der Waals surface area (Å²) in [5.41, 5.74) is 0. The van der Waals surface area contributed by atoms with E-state index in [9.17, 15) is 0 Å². The molecule has 0 aromatic carbocycles. The number of quaternary nitrogens is 2. The number of unbranched alkanes of at least 4 members (excludes halogenated alkanes) is 3. The van der Waals surface area contributed by atoms with E-state index >= 15 is 0 Å².